The van der Waals surface area contributed by atoms with Gasteiger partial charge < -0.3 is 14.2 Å². The minimum Gasteiger partial charge on any atom is -0.460 e. The van der Waals surface area contributed by atoms with Crippen LogP contribution in [0.2, 0.25) is 24.2 Å². The van der Waals surface area contributed by atoms with E-state index in [9.17, 15) is 4.79 Å². The van der Waals surface area contributed by atoms with E-state index >= 15 is 0 Å². The van der Waals surface area contributed by atoms with E-state index in [2.05, 4.69) is 27.4 Å². The third-order valence-corrected chi connectivity index (χ3v) is 13.3. The number of ether oxygens (including phenoxy) is 3. The van der Waals surface area contributed by atoms with Crippen LogP contribution in [0.25, 0.3) is 0 Å². The second-order valence-electron chi connectivity index (χ2n) is 11.2. The van der Waals surface area contributed by atoms with Gasteiger partial charge in [-0.2, -0.15) is 0 Å². The van der Waals surface area contributed by atoms with Crippen molar-refractivity contribution in [3.63, 3.8) is 0 Å². The molecule has 0 aliphatic rings. The monoisotopic (exact) mass is 540 g/mol. The highest BCUT2D eigenvalue weighted by atomic mass is 28.3. The van der Waals surface area contributed by atoms with Crippen molar-refractivity contribution in [1.82, 2.24) is 0 Å². The Morgan fingerprint density at radius 3 is 1.35 bits per heavy atom. The highest BCUT2D eigenvalue weighted by Crippen LogP contribution is 2.34. The molecule has 0 N–H and O–H groups in total. The van der Waals surface area contributed by atoms with E-state index in [1.165, 1.54) is 109 Å². The summed E-state index contributed by atoms with van der Waals surface area (Å²) in [6, 6.07) is 6.08. The molecule has 0 aromatic carbocycles. The fraction of sp³-hybridized carbons (Fsp3) is 0.906. The van der Waals surface area contributed by atoms with Gasteiger partial charge in [0.05, 0.1) is 27.9 Å². The van der Waals surface area contributed by atoms with Gasteiger partial charge in [-0.3, -0.25) is 0 Å². The third-order valence-electron chi connectivity index (χ3n) is 7.61. The zero-order valence-electron chi connectivity index (χ0n) is 25.5. The van der Waals surface area contributed by atoms with Crippen molar-refractivity contribution in [2.45, 2.75) is 155 Å². The topological polar surface area (TPSA) is 44.8 Å². The van der Waals surface area contributed by atoms with Gasteiger partial charge in [-0.1, -0.05) is 148 Å². The molecule has 0 heterocycles. The van der Waals surface area contributed by atoms with Gasteiger partial charge >= 0.3 is 5.97 Å². The Morgan fingerprint density at radius 1 is 0.541 bits per heavy atom. The molecular formula is C32H64O4Si. The normalized spacial score (nSPS) is 11.7. The Hall–Kier alpha value is -0.653. The van der Waals surface area contributed by atoms with E-state index in [1.807, 2.05) is 0 Å². The maximum atomic E-state index is 11.4. The highest BCUT2D eigenvalue weighted by molar-refractivity contribution is 6.79. The Morgan fingerprint density at radius 2 is 0.919 bits per heavy atom. The average molecular weight is 541 g/mol. The Labute approximate surface area is 232 Å². The highest BCUT2D eigenvalue weighted by Gasteiger charge is 2.30. The maximum Gasteiger partial charge on any atom is 0.333 e. The van der Waals surface area contributed by atoms with Crippen LogP contribution in [0, 0.1) is 0 Å². The molecule has 0 spiro atoms. The standard InChI is InChI=1S/C32H64O4Si/c1-6-9-12-15-18-27-37(28-19-16-13-10-7-2,29-20-17-14-11-8-3)30-21-22-34-23-24-35-25-26-36-32(33)31(4)5/h4,6-30H2,1-3,5H3. The molecule has 0 fully saturated rings. The van der Waals surface area contributed by atoms with Gasteiger partial charge in [0.1, 0.15) is 6.61 Å². The van der Waals surface area contributed by atoms with Gasteiger partial charge in [0, 0.05) is 12.2 Å². The molecule has 220 valence electrons. The summed E-state index contributed by atoms with van der Waals surface area (Å²) in [5.41, 5.74) is 0.422. The van der Waals surface area contributed by atoms with Crippen molar-refractivity contribution in [3.05, 3.63) is 12.2 Å². The molecule has 4 nitrogen and oxygen atoms in total. The summed E-state index contributed by atoms with van der Waals surface area (Å²) in [5, 5.41) is 0. The maximum absolute atomic E-state index is 11.4. The predicted octanol–water partition coefficient (Wildman–Crippen LogP) is 9.89. The molecule has 0 aromatic rings. The second-order valence-corrected chi connectivity index (χ2v) is 16.2. The van der Waals surface area contributed by atoms with Gasteiger partial charge in [0.25, 0.3) is 0 Å². The van der Waals surface area contributed by atoms with Crippen molar-refractivity contribution < 1.29 is 19.0 Å². The lowest BCUT2D eigenvalue weighted by Gasteiger charge is -2.33. The number of carbonyl (C=O) groups is 1. The summed E-state index contributed by atoms with van der Waals surface area (Å²) in [4.78, 5) is 11.4. The van der Waals surface area contributed by atoms with E-state index in [0.29, 0.717) is 25.4 Å². The molecule has 0 aromatic heterocycles. The minimum atomic E-state index is -1.25. The van der Waals surface area contributed by atoms with Crippen molar-refractivity contribution in [3.8, 4) is 0 Å². The van der Waals surface area contributed by atoms with Crippen LogP contribution in [0.5, 0.6) is 0 Å². The number of hydrogen-bond acceptors (Lipinski definition) is 4. The van der Waals surface area contributed by atoms with Crippen molar-refractivity contribution >= 4 is 14.0 Å². The molecule has 0 saturated heterocycles. The molecule has 0 rings (SSSR count). The van der Waals surface area contributed by atoms with Crippen LogP contribution >= 0.6 is 0 Å². The Kier molecular flexibility index (Phi) is 26.5. The summed E-state index contributed by atoms with van der Waals surface area (Å²) in [5.74, 6) is -0.353. The van der Waals surface area contributed by atoms with Crippen LogP contribution < -0.4 is 0 Å². The SMILES string of the molecule is C=C(C)C(=O)OCCOCCOCCC[Si](CCCCCCC)(CCCCCCC)CCCCCCC. The molecule has 0 saturated carbocycles. The van der Waals surface area contributed by atoms with Crippen LogP contribution in [-0.2, 0) is 19.0 Å². The number of carbonyl (C=O) groups excluding carboxylic acids is 1. The lowest BCUT2D eigenvalue weighted by Crippen LogP contribution is -2.34. The second kappa shape index (κ2) is 26.9. The van der Waals surface area contributed by atoms with Crippen LogP contribution in [0.15, 0.2) is 12.2 Å². The van der Waals surface area contributed by atoms with Gasteiger partial charge in [0.15, 0.2) is 0 Å². The van der Waals surface area contributed by atoms with E-state index in [4.69, 9.17) is 14.2 Å². The molecule has 0 atom stereocenters. The van der Waals surface area contributed by atoms with Gasteiger partial charge in [0.2, 0.25) is 0 Å². The quantitative estimate of drug-likeness (QED) is 0.0410. The Balaban J connectivity index is 4.55. The molecule has 0 amide bonds. The predicted molar refractivity (Wildman–Crippen MR) is 163 cm³/mol. The zero-order chi connectivity index (χ0) is 27.5. The van der Waals surface area contributed by atoms with E-state index in [-0.39, 0.29) is 12.6 Å². The van der Waals surface area contributed by atoms with Gasteiger partial charge in [-0.05, 0) is 13.3 Å². The summed E-state index contributed by atoms with van der Waals surface area (Å²) in [7, 11) is -1.25. The molecule has 5 heteroatoms. The summed E-state index contributed by atoms with van der Waals surface area (Å²) < 4.78 is 16.5. The van der Waals surface area contributed by atoms with Crippen molar-refractivity contribution in [2.24, 2.45) is 0 Å². The number of esters is 1. The molecule has 0 bridgehead atoms. The van der Waals surface area contributed by atoms with E-state index < -0.39 is 8.07 Å². The molecule has 37 heavy (non-hydrogen) atoms. The van der Waals surface area contributed by atoms with Crippen LogP contribution in [-0.4, -0.2) is 47.1 Å². The third kappa shape index (κ3) is 23.0. The van der Waals surface area contributed by atoms with Gasteiger partial charge in [-0.25, -0.2) is 4.79 Å². The first-order valence-corrected chi connectivity index (χ1v) is 18.8. The molecule has 0 radical (unpaired) electrons. The molecule has 0 unspecified atom stereocenters. The van der Waals surface area contributed by atoms with Crippen LogP contribution in [0.3, 0.4) is 0 Å². The molecule has 0 aliphatic carbocycles. The lowest BCUT2D eigenvalue weighted by atomic mass is 10.2. The summed E-state index contributed by atoms with van der Waals surface area (Å²) in [6.45, 7) is 14.9. The fourth-order valence-electron chi connectivity index (χ4n) is 5.25. The van der Waals surface area contributed by atoms with Crippen molar-refractivity contribution in [1.29, 1.82) is 0 Å². The minimum absolute atomic E-state index is 0.272. The van der Waals surface area contributed by atoms with Crippen LogP contribution in [0.4, 0.5) is 0 Å². The largest absolute Gasteiger partial charge is 0.460 e. The number of rotatable bonds is 29. The van der Waals surface area contributed by atoms with E-state index in [1.54, 1.807) is 25.1 Å². The van der Waals surface area contributed by atoms with Crippen molar-refractivity contribution in [2.75, 3.05) is 33.0 Å². The average Bonchev–Trinajstić information content (AvgIpc) is 2.89. The smallest absolute Gasteiger partial charge is 0.333 e. The number of hydrogen-bond donors (Lipinski definition) is 0. The lowest BCUT2D eigenvalue weighted by molar-refractivity contribution is -0.140. The van der Waals surface area contributed by atoms with E-state index in [0.717, 1.165) is 6.61 Å². The summed E-state index contributed by atoms with van der Waals surface area (Å²) in [6.07, 6.45) is 22.3. The summed E-state index contributed by atoms with van der Waals surface area (Å²) >= 11 is 0. The fourth-order valence-corrected chi connectivity index (χ4v) is 10.6. The van der Waals surface area contributed by atoms with Gasteiger partial charge in [-0.15, -0.1) is 0 Å². The first-order chi connectivity index (χ1) is 18.0. The zero-order valence-corrected chi connectivity index (χ0v) is 26.5. The first-order valence-electron chi connectivity index (χ1n) is 16.0. The number of unbranched alkanes of at least 4 members (excludes halogenated alkanes) is 12. The van der Waals surface area contributed by atoms with Crippen LogP contribution in [0.1, 0.15) is 130 Å². The Bertz CT molecular complexity index is 487. The molecular weight excluding hydrogens is 476 g/mol. The first kappa shape index (κ1) is 36.3. The molecule has 0 aliphatic heterocycles.